The summed E-state index contributed by atoms with van der Waals surface area (Å²) in [4.78, 5) is 25.7. The number of aromatic nitrogens is 2. The Balaban J connectivity index is 1.43. The second-order valence-electron chi connectivity index (χ2n) is 8.29. The highest BCUT2D eigenvalue weighted by atomic mass is 16.5. The minimum atomic E-state index is -0.213. The largest absolute Gasteiger partial charge is 0.497 e. The average Bonchev–Trinajstić information content (AvgIpc) is 3.33. The van der Waals surface area contributed by atoms with Crippen LogP contribution in [0.3, 0.4) is 0 Å². The first-order valence-corrected chi connectivity index (χ1v) is 11.1. The van der Waals surface area contributed by atoms with Gasteiger partial charge in [-0.2, -0.15) is 0 Å². The van der Waals surface area contributed by atoms with Crippen LogP contribution in [0.15, 0.2) is 54.9 Å². The van der Waals surface area contributed by atoms with Gasteiger partial charge in [-0.15, -0.1) is 0 Å². The summed E-state index contributed by atoms with van der Waals surface area (Å²) < 4.78 is 5.31. The van der Waals surface area contributed by atoms with Gasteiger partial charge in [-0.05, 0) is 61.2 Å². The molecular weight excluding hydrogens is 388 g/mol. The number of hydrogen-bond donors (Lipinski definition) is 1. The van der Waals surface area contributed by atoms with E-state index in [0.717, 1.165) is 47.8 Å². The van der Waals surface area contributed by atoms with Crippen LogP contribution < -0.4 is 9.64 Å². The van der Waals surface area contributed by atoms with E-state index in [-0.39, 0.29) is 11.9 Å². The number of fused-ring (bicyclic) bond motifs is 1. The first-order valence-electron chi connectivity index (χ1n) is 11.1. The molecule has 1 fully saturated rings. The van der Waals surface area contributed by atoms with Crippen LogP contribution in [0, 0.1) is 0 Å². The summed E-state index contributed by atoms with van der Waals surface area (Å²) in [6.07, 6.45) is 6.29. The van der Waals surface area contributed by atoms with Crippen molar-refractivity contribution in [1.82, 2.24) is 14.9 Å². The molecule has 0 spiro atoms. The fraction of sp³-hybridized carbons (Fsp3) is 0.360. The Bertz CT molecular complexity index is 1040. The highest BCUT2D eigenvalue weighted by molar-refractivity contribution is 5.95. The van der Waals surface area contributed by atoms with E-state index in [4.69, 9.17) is 4.74 Å². The third kappa shape index (κ3) is 3.78. The summed E-state index contributed by atoms with van der Waals surface area (Å²) >= 11 is 0. The first kappa shape index (κ1) is 19.7. The summed E-state index contributed by atoms with van der Waals surface area (Å²) in [6.45, 7) is 2.85. The van der Waals surface area contributed by atoms with E-state index in [9.17, 15) is 4.79 Å². The molecule has 6 nitrogen and oxygen atoms in total. The number of hydrogen-bond acceptors (Lipinski definition) is 4. The van der Waals surface area contributed by atoms with E-state index < -0.39 is 0 Å². The fourth-order valence-electron chi connectivity index (χ4n) is 4.75. The van der Waals surface area contributed by atoms with Crippen LogP contribution >= 0.6 is 0 Å². The normalized spacial score (nSPS) is 18.5. The van der Waals surface area contributed by atoms with E-state index in [1.807, 2.05) is 41.3 Å². The Morgan fingerprint density at radius 1 is 1.00 bits per heavy atom. The second kappa shape index (κ2) is 8.46. The van der Waals surface area contributed by atoms with Crippen LogP contribution in [0.5, 0.6) is 5.75 Å². The summed E-state index contributed by atoms with van der Waals surface area (Å²) in [5.74, 6) is 0.840. The Hall–Kier alpha value is -3.28. The predicted molar refractivity (Wildman–Crippen MR) is 121 cm³/mol. The van der Waals surface area contributed by atoms with Gasteiger partial charge < -0.3 is 19.5 Å². The molecule has 160 valence electrons. The van der Waals surface area contributed by atoms with Gasteiger partial charge in [0, 0.05) is 43.0 Å². The van der Waals surface area contributed by atoms with Crippen molar-refractivity contribution in [3.63, 3.8) is 0 Å². The molecule has 2 aliphatic heterocycles. The van der Waals surface area contributed by atoms with Gasteiger partial charge in [-0.3, -0.25) is 4.79 Å². The molecule has 5 rings (SSSR count). The molecule has 0 bridgehead atoms. The lowest BCUT2D eigenvalue weighted by molar-refractivity contribution is 0.0690. The van der Waals surface area contributed by atoms with Gasteiger partial charge in [-0.1, -0.05) is 12.1 Å². The van der Waals surface area contributed by atoms with Crippen molar-refractivity contribution in [2.45, 2.75) is 31.7 Å². The minimum Gasteiger partial charge on any atom is -0.497 e. The Morgan fingerprint density at radius 3 is 2.45 bits per heavy atom. The van der Waals surface area contributed by atoms with E-state index in [2.05, 4.69) is 27.0 Å². The summed E-state index contributed by atoms with van der Waals surface area (Å²) in [6, 6.07) is 15.8. The molecule has 31 heavy (non-hydrogen) atoms. The highest BCUT2D eigenvalue weighted by Gasteiger charge is 2.34. The van der Waals surface area contributed by atoms with Gasteiger partial charge in [-0.25, -0.2) is 4.98 Å². The molecule has 0 aliphatic carbocycles. The van der Waals surface area contributed by atoms with Crippen LogP contribution in [-0.4, -0.2) is 47.5 Å². The maximum absolute atomic E-state index is 13.6. The Morgan fingerprint density at radius 2 is 1.74 bits per heavy atom. The molecule has 2 aliphatic rings. The molecule has 6 heteroatoms. The first-order chi connectivity index (χ1) is 15.2. The monoisotopic (exact) mass is 416 g/mol. The van der Waals surface area contributed by atoms with Crippen molar-refractivity contribution in [2.24, 2.45) is 0 Å². The quantitative estimate of drug-likeness (QED) is 0.693. The highest BCUT2D eigenvalue weighted by Crippen LogP contribution is 2.35. The number of rotatable bonds is 4. The zero-order chi connectivity index (χ0) is 21.2. The molecular formula is C25H28N4O2. The zero-order valence-corrected chi connectivity index (χ0v) is 17.9. The smallest absolute Gasteiger partial charge is 0.254 e. The van der Waals surface area contributed by atoms with E-state index in [1.54, 1.807) is 13.4 Å². The number of aromatic amines is 1. The molecule has 1 N–H and O–H groups in total. The lowest BCUT2D eigenvalue weighted by Gasteiger charge is -2.35. The van der Waals surface area contributed by atoms with E-state index >= 15 is 0 Å². The molecule has 0 saturated carbocycles. The number of amides is 1. The van der Waals surface area contributed by atoms with E-state index in [1.165, 1.54) is 24.9 Å². The van der Waals surface area contributed by atoms with E-state index in [0.29, 0.717) is 6.54 Å². The van der Waals surface area contributed by atoms with Crippen LogP contribution in [0.2, 0.25) is 0 Å². The number of nitrogens with zero attached hydrogens (tertiary/aromatic N) is 3. The molecule has 1 amide bonds. The number of carbonyl (C=O) groups excluding carboxylic acids is 1. The Labute approximate surface area is 182 Å². The number of nitrogens with one attached hydrogen (secondary N) is 1. The maximum atomic E-state index is 13.6. The number of carbonyl (C=O) groups is 1. The molecule has 3 aromatic rings. The van der Waals surface area contributed by atoms with Gasteiger partial charge in [0.2, 0.25) is 0 Å². The van der Waals surface area contributed by atoms with Crippen molar-refractivity contribution < 1.29 is 9.53 Å². The predicted octanol–water partition coefficient (Wildman–Crippen LogP) is 4.20. The number of methoxy groups -OCH3 is 1. The summed E-state index contributed by atoms with van der Waals surface area (Å²) in [7, 11) is 1.66. The van der Waals surface area contributed by atoms with Crippen molar-refractivity contribution in [2.75, 3.05) is 31.6 Å². The third-order valence-corrected chi connectivity index (χ3v) is 6.45. The van der Waals surface area contributed by atoms with Crippen molar-refractivity contribution in [3.8, 4) is 5.75 Å². The SMILES string of the molecule is COc1ccc([C@H]2c3nc[nH]c3CCN2C(=O)c2ccc(N3CCCCC3)cc2)cc1. The molecule has 2 aromatic carbocycles. The number of imidazole rings is 1. The van der Waals surface area contributed by atoms with Gasteiger partial charge in [0.15, 0.2) is 0 Å². The third-order valence-electron chi connectivity index (χ3n) is 6.45. The molecule has 1 aromatic heterocycles. The van der Waals surface area contributed by atoms with Crippen molar-refractivity contribution in [1.29, 1.82) is 0 Å². The van der Waals surface area contributed by atoms with Gasteiger partial charge in [0.1, 0.15) is 11.8 Å². The lowest BCUT2D eigenvalue weighted by Crippen LogP contribution is -2.40. The van der Waals surface area contributed by atoms with Gasteiger partial charge in [0.25, 0.3) is 5.91 Å². The summed E-state index contributed by atoms with van der Waals surface area (Å²) in [5.41, 5.74) is 4.99. The second-order valence-corrected chi connectivity index (χ2v) is 8.29. The van der Waals surface area contributed by atoms with Crippen LogP contribution in [0.4, 0.5) is 5.69 Å². The average molecular weight is 417 g/mol. The topological polar surface area (TPSA) is 61.5 Å². The van der Waals surface area contributed by atoms with Gasteiger partial charge >= 0.3 is 0 Å². The molecule has 1 atom stereocenters. The number of anilines is 1. The van der Waals surface area contributed by atoms with Crippen molar-refractivity contribution in [3.05, 3.63) is 77.4 Å². The molecule has 0 radical (unpaired) electrons. The molecule has 1 saturated heterocycles. The number of ether oxygens (including phenoxy) is 1. The standard InChI is InChI=1S/C25H28N4O2/c1-31-21-11-7-18(8-12-21)24-23-22(26-17-27-23)13-16-29(24)25(30)19-5-9-20(10-6-19)28-14-3-2-4-15-28/h5-12,17,24H,2-4,13-16H2,1H3,(H,26,27)/t24-/m0/s1. The number of piperidine rings is 1. The summed E-state index contributed by atoms with van der Waals surface area (Å²) in [5, 5.41) is 0. The lowest BCUT2D eigenvalue weighted by atomic mass is 9.94. The van der Waals surface area contributed by atoms with Crippen molar-refractivity contribution >= 4 is 11.6 Å². The van der Waals surface area contributed by atoms with Crippen LogP contribution in [0.1, 0.15) is 52.6 Å². The fourth-order valence-corrected chi connectivity index (χ4v) is 4.75. The Kier molecular flexibility index (Phi) is 5.37. The molecule has 0 unspecified atom stereocenters. The van der Waals surface area contributed by atoms with Crippen LogP contribution in [-0.2, 0) is 6.42 Å². The maximum Gasteiger partial charge on any atom is 0.254 e. The molecule has 3 heterocycles. The minimum absolute atomic E-state index is 0.0414. The van der Waals surface area contributed by atoms with Crippen LogP contribution in [0.25, 0.3) is 0 Å². The number of benzene rings is 2. The van der Waals surface area contributed by atoms with Gasteiger partial charge in [0.05, 0.1) is 19.1 Å². The zero-order valence-electron chi connectivity index (χ0n) is 17.9. The number of H-pyrrole nitrogens is 1.